The Labute approximate surface area is 174 Å². The average molecular weight is 397 g/mol. The average Bonchev–Trinajstić information content (AvgIpc) is 2.76. The lowest BCUT2D eigenvalue weighted by atomic mass is 10.1. The van der Waals surface area contributed by atoms with E-state index in [1.54, 1.807) is 7.11 Å². The molecule has 2 aromatic rings. The Bertz CT molecular complexity index is 773. The van der Waals surface area contributed by atoms with Gasteiger partial charge in [-0.25, -0.2) is 0 Å². The predicted octanol–water partition coefficient (Wildman–Crippen LogP) is 4.00. The third-order valence-electron chi connectivity index (χ3n) is 4.90. The van der Waals surface area contributed by atoms with Crippen LogP contribution in [0.2, 0.25) is 0 Å². The van der Waals surface area contributed by atoms with Crippen LogP contribution in [0.15, 0.2) is 61.2 Å². The van der Waals surface area contributed by atoms with Gasteiger partial charge in [0, 0.05) is 6.54 Å². The van der Waals surface area contributed by atoms with E-state index in [9.17, 15) is 4.79 Å². The van der Waals surface area contributed by atoms with Gasteiger partial charge in [0.15, 0.2) is 18.1 Å². The highest BCUT2D eigenvalue weighted by Gasteiger charge is 2.19. The number of hydrogen-bond donors (Lipinski definition) is 1. The Kier molecular flexibility index (Phi) is 9.25. The van der Waals surface area contributed by atoms with Crippen LogP contribution in [-0.2, 0) is 11.2 Å². The largest absolute Gasteiger partial charge is 0.493 e. The molecule has 5 nitrogen and oxygen atoms in total. The van der Waals surface area contributed by atoms with E-state index in [0.29, 0.717) is 18.0 Å². The molecule has 0 saturated carbocycles. The second kappa shape index (κ2) is 11.9. The van der Waals surface area contributed by atoms with E-state index in [4.69, 9.17) is 9.47 Å². The van der Waals surface area contributed by atoms with Crippen molar-refractivity contribution < 1.29 is 14.3 Å². The molecule has 0 fully saturated rings. The van der Waals surface area contributed by atoms with Gasteiger partial charge in [-0.2, -0.15) is 0 Å². The SMILES string of the molecule is C=CCc1ccc(OCC(=O)NCC(c2ccccc2)N(CC)CC)c(OC)c1. The zero-order chi connectivity index (χ0) is 21.1. The first-order valence-corrected chi connectivity index (χ1v) is 10.1. The van der Waals surface area contributed by atoms with E-state index in [2.05, 4.69) is 42.8 Å². The van der Waals surface area contributed by atoms with Gasteiger partial charge in [-0.3, -0.25) is 9.69 Å². The number of carbonyl (C=O) groups is 1. The standard InChI is InChI=1S/C24H32N2O3/c1-5-11-19-14-15-22(23(16-19)28-4)29-18-24(27)25-17-21(26(6-2)7-3)20-12-9-8-10-13-20/h5,8-10,12-16,21H,1,6-7,11,17-18H2,2-4H3,(H,25,27). The molecule has 0 heterocycles. The van der Waals surface area contributed by atoms with Gasteiger partial charge in [0.25, 0.3) is 5.91 Å². The van der Waals surface area contributed by atoms with Crippen molar-refractivity contribution in [2.24, 2.45) is 0 Å². The van der Waals surface area contributed by atoms with Crippen LogP contribution < -0.4 is 14.8 Å². The molecule has 0 saturated heterocycles. The number of hydrogen-bond acceptors (Lipinski definition) is 4. The first kappa shape index (κ1) is 22.5. The molecule has 0 spiro atoms. The topological polar surface area (TPSA) is 50.8 Å². The summed E-state index contributed by atoms with van der Waals surface area (Å²) in [6.07, 6.45) is 2.59. The molecule has 2 aromatic carbocycles. The summed E-state index contributed by atoms with van der Waals surface area (Å²) in [4.78, 5) is 14.7. The highest BCUT2D eigenvalue weighted by Crippen LogP contribution is 2.28. The van der Waals surface area contributed by atoms with Crippen LogP contribution in [0.4, 0.5) is 0 Å². The number of benzene rings is 2. The number of amides is 1. The number of methoxy groups -OCH3 is 1. The third-order valence-corrected chi connectivity index (χ3v) is 4.90. The Balaban J connectivity index is 1.96. The van der Waals surface area contributed by atoms with Crippen molar-refractivity contribution in [1.82, 2.24) is 10.2 Å². The Morgan fingerprint density at radius 3 is 2.48 bits per heavy atom. The molecule has 0 radical (unpaired) electrons. The zero-order valence-electron chi connectivity index (χ0n) is 17.7. The highest BCUT2D eigenvalue weighted by molar-refractivity contribution is 5.77. The number of carbonyl (C=O) groups excluding carboxylic acids is 1. The van der Waals surface area contributed by atoms with Gasteiger partial charge in [0.05, 0.1) is 13.2 Å². The van der Waals surface area contributed by atoms with Crippen LogP contribution >= 0.6 is 0 Å². The predicted molar refractivity (Wildman–Crippen MR) is 118 cm³/mol. The quantitative estimate of drug-likeness (QED) is 0.551. The number of likely N-dealkylation sites (N-methyl/N-ethyl adjacent to an activating group) is 1. The number of allylic oxidation sites excluding steroid dienone is 1. The lowest BCUT2D eigenvalue weighted by Gasteiger charge is -2.30. The molecule has 0 bridgehead atoms. The molecule has 156 valence electrons. The van der Waals surface area contributed by atoms with Gasteiger partial charge in [-0.15, -0.1) is 6.58 Å². The molecular formula is C24H32N2O3. The minimum atomic E-state index is -0.157. The molecule has 1 unspecified atom stereocenters. The monoisotopic (exact) mass is 396 g/mol. The molecular weight excluding hydrogens is 364 g/mol. The summed E-state index contributed by atoms with van der Waals surface area (Å²) >= 11 is 0. The van der Waals surface area contributed by atoms with Crippen LogP contribution in [0.1, 0.15) is 31.0 Å². The van der Waals surface area contributed by atoms with Crippen LogP contribution in [-0.4, -0.2) is 44.2 Å². The van der Waals surface area contributed by atoms with E-state index in [1.165, 1.54) is 5.56 Å². The fraction of sp³-hybridized carbons (Fsp3) is 0.375. The maximum absolute atomic E-state index is 12.4. The second-order valence-corrected chi connectivity index (χ2v) is 6.72. The normalized spacial score (nSPS) is 11.7. The van der Waals surface area contributed by atoms with Crippen LogP contribution in [0.25, 0.3) is 0 Å². The van der Waals surface area contributed by atoms with E-state index in [0.717, 1.165) is 25.1 Å². The lowest BCUT2D eigenvalue weighted by Crippen LogP contribution is -2.39. The summed E-state index contributed by atoms with van der Waals surface area (Å²) in [5, 5.41) is 3.01. The molecule has 1 N–H and O–H groups in total. The van der Waals surface area contributed by atoms with Gasteiger partial charge in [-0.1, -0.05) is 56.3 Å². The lowest BCUT2D eigenvalue weighted by molar-refractivity contribution is -0.123. The Morgan fingerprint density at radius 2 is 1.86 bits per heavy atom. The van der Waals surface area contributed by atoms with Gasteiger partial charge >= 0.3 is 0 Å². The van der Waals surface area contributed by atoms with Gasteiger partial charge in [0.1, 0.15) is 0 Å². The second-order valence-electron chi connectivity index (χ2n) is 6.72. The molecule has 0 aliphatic carbocycles. The number of nitrogens with zero attached hydrogens (tertiary/aromatic N) is 1. The van der Waals surface area contributed by atoms with Crippen molar-refractivity contribution in [2.45, 2.75) is 26.3 Å². The van der Waals surface area contributed by atoms with Gasteiger partial charge in [0.2, 0.25) is 0 Å². The summed E-state index contributed by atoms with van der Waals surface area (Å²) in [5.41, 5.74) is 2.27. The molecule has 29 heavy (non-hydrogen) atoms. The summed E-state index contributed by atoms with van der Waals surface area (Å²) in [7, 11) is 1.59. The minimum absolute atomic E-state index is 0.0586. The van der Waals surface area contributed by atoms with E-state index < -0.39 is 0 Å². The van der Waals surface area contributed by atoms with Crippen LogP contribution in [0.3, 0.4) is 0 Å². The summed E-state index contributed by atoms with van der Waals surface area (Å²) < 4.78 is 11.1. The van der Waals surface area contributed by atoms with Crippen LogP contribution in [0, 0.1) is 0 Å². The zero-order valence-corrected chi connectivity index (χ0v) is 17.7. The first-order chi connectivity index (χ1) is 14.1. The maximum Gasteiger partial charge on any atom is 0.258 e. The van der Waals surface area contributed by atoms with Crippen molar-refractivity contribution in [3.05, 3.63) is 72.3 Å². The third kappa shape index (κ3) is 6.64. The van der Waals surface area contributed by atoms with Crippen molar-refractivity contribution in [1.29, 1.82) is 0 Å². The Hall–Kier alpha value is -2.79. The highest BCUT2D eigenvalue weighted by atomic mass is 16.5. The van der Waals surface area contributed by atoms with Crippen molar-refractivity contribution in [3.63, 3.8) is 0 Å². The number of nitrogens with one attached hydrogen (secondary N) is 1. The fourth-order valence-electron chi connectivity index (χ4n) is 3.33. The number of rotatable bonds is 12. The van der Waals surface area contributed by atoms with E-state index in [1.807, 2.05) is 42.5 Å². The molecule has 0 aliphatic heterocycles. The molecule has 0 aliphatic rings. The smallest absolute Gasteiger partial charge is 0.258 e. The minimum Gasteiger partial charge on any atom is -0.493 e. The van der Waals surface area contributed by atoms with Gasteiger partial charge < -0.3 is 14.8 Å². The maximum atomic E-state index is 12.4. The summed E-state index contributed by atoms with van der Waals surface area (Å²) in [5.74, 6) is 1.01. The van der Waals surface area contributed by atoms with Crippen LogP contribution in [0.5, 0.6) is 11.5 Å². The first-order valence-electron chi connectivity index (χ1n) is 10.1. The molecule has 1 atom stereocenters. The van der Waals surface area contributed by atoms with Crippen molar-refractivity contribution >= 4 is 5.91 Å². The molecule has 2 rings (SSSR count). The van der Waals surface area contributed by atoms with E-state index in [-0.39, 0.29) is 18.6 Å². The van der Waals surface area contributed by atoms with E-state index >= 15 is 0 Å². The molecule has 5 heteroatoms. The van der Waals surface area contributed by atoms with Crippen molar-refractivity contribution in [2.75, 3.05) is 33.4 Å². The summed E-state index contributed by atoms with van der Waals surface area (Å²) in [6, 6.07) is 16.1. The summed E-state index contributed by atoms with van der Waals surface area (Å²) in [6.45, 7) is 10.3. The fourth-order valence-corrected chi connectivity index (χ4v) is 3.33. The number of ether oxygens (including phenoxy) is 2. The Morgan fingerprint density at radius 1 is 1.14 bits per heavy atom. The molecule has 1 amide bonds. The molecule has 0 aromatic heterocycles. The van der Waals surface area contributed by atoms with Gasteiger partial charge in [-0.05, 0) is 42.8 Å². The van der Waals surface area contributed by atoms with Crippen molar-refractivity contribution in [3.8, 4) is 11.5 Å².